The predicted molar refractivity (Wildman–Crippen MR) is 44.6 cm³/mol. The van der Waals surface area contributed by atoms with Crippen molar-refractivity contribution in [3.63, 3.8) is 0 Å². The molecule has 2 aliphatic rings. The van der Waals surface area contributed by atoms with E-state index in [0.717, 1.165) is 0 Å². The van der Waals surface area contributed by atoms with Crippen LogP contribution in [0.25, 0.3) is 0 Å². The lowest BCUT2D eigenvalue weighted by atomic mass is 9.94. The number of carbonyl (C=O) groups is 1. The Morgan fingerprint density at radius 1 is 1.69 bits per heavy atom. The van der Waals surface area contributed by atoms with Crippen LogP contribution in [0.15, 0.2) is 11.9 Å². The summed E-state index contributed by atoms with van der Waals surface area (Å²) >= 11 is 0. The first-order chi connectivity index (χ1) is 6.22. The fourth-order valence-corrected chi connectivity index (χ4v) is 2.29. The molecule has 0 unspecified atom stereocenters. The lowest BCUT2D eigenvalue weighted by Crippen LogP contribution is -2.43. The van der Waals surface area contributed by atoms with Crippen LogP contribution in [-0.4, -0.2) is 34.6 Å². The SMILES string of the molecule is O=C1CC[C@@]2(CO)CC(=CF)CN12. The van der Waals surface area contributed by atoms with Crippen LogP contribution in [0.4, 0.5) is 4.39 Å². The van der Waals surface area contributed by atoms with Gasteiger partial charge in [0.1, 0.15) is 0 Å². The van der Waals surface area contributed by atoms with Crippen molar-refractivity contribution in [2.75, 3.05) is 13.2 Å². The molecule has 2 aliphatic heterocycles. The second kappa shape index (κ2) is 2.80. The Balaban J connectivity index is 2.29. The molecule has 0 saturated carbocycles. The molecule has 0 aliphatic carbocycles. The summed E-state index contributed by atoms with van der Waals surface area (Å²) < 4.78 is 12.3. The van der Waals surface area contributed by atoms with Gasteiger partial charge in [0.15, 0.2) is 0 Å². The van der Waals surface area contributed by atoms with Crippen LogP contribution in [0.1, 0.15) is 19.3 Å². The number of halogens is 1. The number of amides is 1. The van der Waals surface area contributed by atoms with Crippen LogP contribution in [-0.2, 0) is 4.79 Å². The zero-order valence-electron chi connectivity index (χ0n) is 7.29. The van der Waals surface area contributed by atoms with Crippen molar-refractivity contribution in [3.05, 3.63) is 11.9 Å². The van der Waals surface area contributed by atoms with Crippen molar-refractivity contribution in [2.45, 2.75) is 24.8 Å². The van der Waals surface area contributed by atoms with E-state index in [4.69, 9.17) is 0 Å². The molecule has 1 amide bonds. The molecule has 2 rings (SSSR count). The van der Waals surface area contributed by atoms with Gasteiger partial charge in [-0.05, 0) is 18.4 Å². The first-order valence-corrected chi connectivity index (χ1v) is 4.41. The van der Waals surface area contributed by atoms with Crippen molar-refractivity contribution in [2.24, 2.45) is 0 Å². The van der Waals surface area contributed by atoms with Gasteiger partial charge in [-0.1, -0.05) is 0 Å². The smallest absolute Gasteiger partial charge is 0.223 e. The van der Waals surface area contributed by atoms with Crippen LogP contribution in [0.2, 0.25) is 0 Å². The predicted octanol–water partition coefficient (Wildman–Crippen LogP) is 0.597. The first-order valence-electron chi connectivity index (χ1n) is 4.41. The molecule has 1 N–H and O–H groups in total. The van der Waals surface area contributed by atoms with Gasteiger partial charge in [0.2, 0.25) is 5.91 Å². The number of aliphatic hydroxyl groups is 1. The van der Waals surface area contributed by atoms with E-state index in [1.54, 1.807) is 4.90 Å². The van der Waals surface area contributed by atoms with Gasteiger partial charge in [-0.2, -0.15) is 0 Å². The highest BCUT2D eigenvalue weighted by atomic mass is 19.1. The molecule has 13 heavy (non-hydrogen) atoms. The van der Waals surface area contributed by atoms with Crippen LogP contribution < -0.4 is 0 Å². The fourth-order valence-electron chi connectivity index (χ4n) is 2.29. The summed E-state index contributed by atoms with van der Waals surface area (Å²) in [6, 6.07) is 0. The van der Waals surface area contributed by atoms with Crippen molar-refractivity contribution in [3.8, 4) is 0 Å². The lowest BCUT2D eigenvalue weighted by molar-refractivity contribution is -0.130. The van der Waals surface area contributed by atoms with E-state index in [-0.39, 0.29) is 12.5 Å². The number of hydrogen-bond donors (Lipinski definition) is 1. The summed E-state index contributed by atoms with van der Waals surface area (Å²) in [5.41, 5.74) is 0.136. The highest BCUT2D eigenvalue weighted by Gasteiger charge is 2.49. The van der Waals surface area contributed by atoms with Gasteiger partial charge in [0.25, 0.3) is 0 Å². The van der Waals surface area contributed by atoms with Gasteiger partial charge in [-0.3, -0.25) is 4.79 Å². The van der Waals surface area contributed by atoms with Crippen LogP contribution in [0.5, 0.6) is 0 Å². The maximum atomic E-state index is 12.3. The van der Waals surface area contributed by atoms with Gasteiger partial charge >= 0.3 is 0 Å². The molecule has 0 spiro atoms. The zero-order chi connectivity index (χ0) is 9.47. The average molecular weight is 185 g/mol. The maximum absolute atomic E-state index is 12.3. The first kappa shape index (κ1) is 8.69. The number of hydrogen-bond acceptors (Lipinski definition) is 2. The van der Waals surface area contributed by atoms with E-state index in [2.05, 4.69) is 0 Å². The Hall–Kier alpha value is -0.900. The molecular weight excluding hydrogens is 173 g/mol. The van der Waals surface area contributed by atoms with Gasteiger partial charge in [0, 0.05) is 13.0 Å². The summed E-state index contributed by atoms with van der Waals surface area (Å²) in [5.74, 6) is 0.0332. The minimum Gasteiger partial charge on any atom is -0.394 e. The lowest BCUT2D eigenvalue weighted by Gasteiger charge is -2.28. The zero-order valence-corrected chi connectivity index (χ0v) is 7.29. The topological polar surface area (TPSA) is 40.5 Å². The molecule has 4 heteroatoms. The maximum Gasteiger partial charge on any atom is 0.223 e. The minimum absolute atomic E-state index is 0.0332. The molecule has 1 atom stereocenters. The molecule has 0 radical (unpaired) electrons. The third kappa shape index (κ3) is 1.09. The van der Waals surface area contributed by atoms with E-state index in [0.29, 0.717) is 37.7 Å². The highest BCUT2D eigenvalue weighted by Crippen LogP contribution is 2.41. The molecule has 0 aromatic carbocycles. The van der Waals surface area contributed by atoms with Crippen molar-refractivity contribution < 1.29 is 14.3 Å². The Morgan fingerprint density at radius 2 is 2.46 bits per heavy atom. The molecule has 0 aromatic heterocycles. The van der Waals surface area contributed by atoms with E-state index in [1.165, 1.54) is 0 Å². The third-order valence-corrected chi connectivity index (χ3v) is 3.04. The summed E-state index contributed by atoms with van der Waals surface area (Å²) in [6.45, 7) is 0.298. The standard InChI is InChI=1S/C9H12FNO2/c10-4-7-3-9(6-12)2-1-8(13)11(9)5-7/h4,12H,1-3,5-6H2/t9-/m0/s1. The summed E-state index contributed by atoms with van der Waals surface area (Å²) in [4.78, 5) is 13.0. The quantitative estimate of drug-likeness (QED) is 0.649. The number of carbonyl (C=O) groups excluding carboxylic acids is 1. The molecule has 2 fully saturated rings. The van der Waals surface area contributed by atoms with Crippen molar-refractivity contribution >= 4 is 5.91 Å². The van der Waals surface area contributed by atoms with Gasteiger partial charge in [-0.25, -0.2) is 4.39 Å². The van der Waals surface area contributed by atoms with Crippen molar-refractivity contribution in [1.29, 1.82) is 0 Å². The molecule has 2 heterocycles. The summed E-state index contributed by atoms with van der Waals surface area (Å²) in [7, 11) is 0. The van der Waals surface area contributed by atoms with Crippen LogP contribution >= 0.6 is 0 Å². The van der Waals surface area contributed by atoms with E-state index >= 15 is 0 Å². The Morgan fingerprint density at radius 3 is 3.00 bits per heavy atom. The van der Waals surface area contributed by atoms with Crippen molar-refractivity contribution in [1.82, 2.24) is 4.90 Å². The monoisotopic (exact) mass is 185 g/mol. The normalized spacial score (nSPS) is 36.0. The molecule has 0 bridgehead atoms. The molecule has 3 nitrogen and oxygen atoms in total. The molecule has 0 aromatic rings. The third-order valence-electron chi connectivity index (χ3n) is 3.04. The van der Waals surface area contributed by atoms with Gasteiger partial charge in [-0.15, -0.1) is 0 Å². The molecule has 72 valence electrons. The fraction of sp³-hybridized carbons (Fsp3) is 0.667. The Bertz CT molecular complexity index is 277. The number of fused-ring (bicyclic) bond motifs is 1. The van der Waals surface area contributed by atoms with Gasteiger partial charge in [0.05, 0.1) is 18.5 Å². The average Bonchev–Trinajstić information content (AvgIpc) is 2.65. The summed E-state index contributed by atoms with van der Waals surface area (Å²) in [5, 5.41) is 9.21. The second-order valence-electron chi connectivity index (χ2n) is 3.81. The highest BCUT2D eigenvalue weighted by molar-refractivity contribution is 5.81. The van der Waals surface area contributed by atoms with Crippen LogP contribution in [0, 0.1) is 0 Å². The van der Waals surface area contributed by atoms with Gasteiger partial charge < -0.3 is 10.0 Å². The number of aliphatic hydroxyl groups excluding tert-OH is 1. The van der Waals surface area contributed by atoms with E-state index < -0.39 is 5.54 Å². The molecular formula is C9H12FNO2. The summed E-state index contributed by atoms with van der Waals surface area (Å²) in [6.07, 6.45) is 2.19. The largest absolute Gasteiger partial charge is 0.394 e. The minimum atomic E-state index is -0.477. The molecule has 2 saturated heterocycles. The number of nitrogens with zero attached hydrogens (tertiary/aromatic N) is 1. The van der Waals surface area contributed by atoms with Crippen LogP contribution in [0.3, 0.4) is 0 Å². The number of rotatable bonds is 1. The Kier molecular flexibility index (Phi) is 1.87. The second-order valence-corrected chi connectivity index (χ2v) is 3.81. The van der Waals surface area contributed by atoms with E-state index in [1.807, 2.05) is 0 Å². The van der Waals surface area contributed by atoms with E-state index in [9.17, 15) is 14.3 Å². The Labute approximate surface area is 75.8 Å².